The maximum Gasteiger partial charge on any atom is 0.272 e. The van der Waals surface area contributed by atoms with E-state index in [9.17, 15) is 24.5 Å². The van der Waals surface area contributed by atoms with E-state index in [-0.39, 0.29) is 17.3 Å². The van der Waals surface area contributed by atoms with Gasteiger partial charge in [-0.2, -0.15) is 0 Å². The minimum Gasteiger partial charge on any atom is -0.321 e. The highest BCUT2D eigenvalue weighted by atomic mass is 35.5. The quantitative estimate of drug-likeness (QED) is 0.0538. The number of hydrogen-bond acceptors (Lipinski definition) is 8. The lowest BCUT2D eigenvalue weighted by Gasteiger charge is -2.13. The lowest BCUT2D eigenvalue weighted by molar-refractivity contribution is -0.384. The monoisotopic (exact) mass is 717 g/mol. The molecule has 10 nitrogen and oxygen atoms in total. The van der Waals surface area contributed by atoms with Gasteiger partial charge in [0.05, 0.1) is 15.9 Å². The molecule has 0 saturated heterocycles. The van der Waals surface area contributed by atoms with Gasteiger partial charge in [0.1, 0.15) is 5.70 Å². The van der Waals surface area contributed by atoms with Gasteiger partial charge in [-0.25, -0.2) is 4.98 Å². The normalized spacial score (nSPS) is 11.8. The Morgan fingerprint density at radius 2 is 1.69 bits per heavy atom. The molecule has 0 bridgehead atoms. The number of thiazole rings is 1. The fraction of sp³-hybridized carbons (Fsp3) is 0.0588. The van der Waals surface area contributed by atoms with Crippen LogP contribution in [0.3, 0.4) is 0 Å². The number of nitro benzene ring substituents is 1. The Bertz CT molecular complexity index is 2020. The molecule has 1 heterocycles. The number of anilines is 2. The Kier molecular flexibility index (Phi) is 11.2. The van der Waals surface area contributed by atoms with Crippen LogP contribution in [-0.2, 0) is 9.59 Å². The van der Waals surface area contributed by atoms with E-state index in [2.05, 4.69) is 20.9 Å². The summed E-state index contributed by atoms with van der Waals surface area (Å²) in [6.07, 6.45) is 1.47. The second-order valence-electron chi connectivity index (χ2n) is 10.1. The van der Waals surface area contributed by atoms with Crippen molar-refractivity contribution >= 4 is 86.6 Å². The first-order chi connectivity index (χ1) is 23.0. The van der Waals surface area contributed by atoms with Gasteiger partial charge in [-0.05, 0) is 67.1 Å². The lowest BCUT2D eigenvalue weighted by Crippen LogP contribution is -2.30. The highest BCUT2D eigenvalue weighted by Gasteiger charge is 2.19. The summed E-state index contributed by atoms with van der Waals surface area (Å²) < 4.78 is 0. The van der Waals surface area contributed by atoms with Crippen molar-refractivity contribution < 1.29 is 19.3 Å². The van der Waals surface area contributed by atoms with Gasteiger partial charge in [0.2, 0.25) is 5.91 Å². The minimum atomic E-state index is -0.577. The number of carbonyl (C=O) groups is 3. The smallest absolute Gasteiger partial charge is 0.272 e. The summed E-state index contributed by atoms with van der Waals surface area (Å²) >= 11 is 14.9. The summed E-state index contributed by atoms with van der Waals surface area (Å²) in [5.74, 6) is -1.33. The zero-order valence-corrected chi connectivity index (χ0v) is 28.1. The maximum atomic E-state index is 13.4. The van der Waals surface area contributed by atoms with Crippen molar-refractivity contribution in [1.29, 1.82) is 0 Å². The number of halogens is 2. The zero-order valence-electron chi connectivity index (χ0n) is 25.0. The largest absolute Gasteiger partial charge is 0.321 e. The van der Waals surface area contributed by atoms with Crippen LogP contribution in [0.4, 0.5) is 16.5 Å². The van der Waals surface area contributed by atoms with Crippen LogP contribution in [0.15, 0.2) is 113 Å². The first-order valence-electron chi connectivity index (χ1n) is 14.2. The van der Waals surface area contributed by atoms with E-state index < -0.39 is 22.0 Å². The third-order valence-corrected chi connectivity index (χ3v) is 9.10. The molecule has 0 aliphatic rings. The van der Waals surface area contributed by atoms with E-state index in [1.807, 2.05) is 0 Å². The summed E-state index contributed by atoms with van der Waals surface area (Å²) in [6, 6.07) is 26.3. The first kappa shape index (κ1) is 34.3. The molecule has 5 aromatic rings. The molecule has 0 saturated carbocycles. The Hall–Kier alpha value is -5.01. The molecule has 4 aromatic carbocycles. The number of amides is 3. The van der Waals surface area contributed by atoms with E-state index in [1.54, 1.807) is 91.2 Å². The predicted molar refractivity (Wildman–Crippen MR) is 192 cm³/mol. The van der Waals surface area contributed by atoms with Crippen LogP contribution in [0.2, 0.25) is 10.0 Å². The van der Waals surface area contributed by atoms with Crippen molar-refractivity contribution in [1.82, 2.24) is 10.3 Å². The van der Waals surface area contributed by atoms with Crippen molar-refractivity contribution in [2.24, 2.45) is 0 Å². The van der Waals surface area contributed by atoms with Gasteiger partial charge < -0.3 is 16.0 Å². The molecule has 0 fully saturated rings. The average Bonchev–Trinajstić information content (AvgIpc) is 3.55. The number of nitro groups is 1. The molecular formula is C34H25Cl2N5O5S2. The van der Waals surface area contributed by atoms with E-state index >= 15 is 0 Å². The summed E-state index contributed by atoms with van der Waals surface area (Å²) in [5, 5.41) is 21.7. The Morgan fingerprint density at radius 3 is 2.40 bits per heavy atom. The molecule has 1 aromatic heterocycles. The molecule has 0 radical (unpaired) electrons. The van der Waals surface area contributed by atoms with E-state index in [0.717, 1.165) is 4.90 Å². The van der Waals surface area contributed by atoms with Gasteiger partial charge in [0.15, 0.2) is 5.13 Å². The third-order valence-electron chi connectivity index (χ3n) is 6.67. The van der Waals surface area contributed by atoms with Crippen LogP contribution in [0.25, 0.3) is 17.3 Å². The van der Waals surface area contributed by atoms with E-state index in [4.69, 9.17) is 23.2 Å². The number of thioether (sulfide) groups is 1. The Morgan fingerprint density at radius 1 is 0.938 bits per heavy atom. The maximum absolute atomic E-state index is 13.4. The van der Waals surface area contributed by atoms with Crippen LogP contribution in [0.1, 0.15) is 22.8 Å². The topological polar surface area (TPSA) is 143 Å². The number of non-ortho nitro benzene ring substituents is 1. The van der Waals surface area contributed by atoms with Crippen molar-refractivity contribution in [2.75, 3.05) is 10.6 Å². The predicted octanol–water partition coefficient (Wildman–Crippen LogP) is 8.55. The molecule has 242 valence electrons. The molecule has 0 aliphatic heterocycles. The van der Waals surface area contributed by atoms with Crippen LogP contribution >= 0.6 is 46.3 Å². The highest BCUT2D eigenvalue weighted by molar-refractivity contribution is 8.00. The van der Waals surface area contributed by atoms with Crippen LogP contribution in [0, 0.1) is 10.1 Å². The fourth-order valence-electron chi connectivity index (χ4n) is 4.24. The molecule has 5 rings (SSSR count). The summed E-state index contributed by atoms with van der Waals surface area (Å²) in [7, 11) is 0. The number of hydrogen-bond donors (Lipinski definition) is 3. The SMILES string of the molecule is CC(Sc1ccc(NC(=O)/C(=C/c2ccc(Cl)cc2Cl)NC(=O)c2ccccc2)cc1)C(=O)Nc1nc(-c2cccc([N+](=O)[O-])c2)cs1. The van der Waals surface area contributed by atoms with E-state index in [0.29, 0.717) is 43.2 Å². The summed E-state index contributed by atoms with van der Waals surface area (Å²) in [6.45, 7) is 1.75. The van der Waals surface area contributed by atoms with Crippen molar-refractivity contribution in [2.45, 2.75) is 17.1 Å². The van der Waals surface area contributed by atoms with Crippen molar-refractivity contribution in [3.8, 4) is 11.3 Å². The van der Waals surface area contributed by atoms with Gasteiger partial charge in [-0.15, -0.1) is 23.1 Å². The van der Waals surface area contributed by atoms with Gasteiger partial charge in [-0.1, -0.05) is 59.6 Å². The second-order valence-corrected chi connectivity index (χ2v) is 13.2. The second kappa shape index (κ2) is 15.7. The van der Waals surface area contributed by atoms with E-state index in [1.165, 1.54) is 47.4 Å². The highest BCUT2D eigenvalue weighted by Crippen LogP contribution is 2.30. The molecule has 3 N–H and O–H groups in total. The number of nitrogens with one attached hydrogen (secondary N) is 3. The number of benzene rings is 4. The molecule has 14 heteroatoms. The molecule has 0 spiro atoms. The standard InChI is InChI=1S/C34H25Cl2N5O5S2/c1-20(31(42)40-34-39-30(19-47-34)23-8-5-9-26(16-23)41(45)46)48-27-14-12-25(13-15-27)37-33(44)29(17-22-10-11-24(35)18-28(22)36)38-32(43)21-6-3-2-4-7-21/h2-20H,1H3,(H,37,44)(H,38,43)(H,39,40,42)/b29-17-. The number of carbonyl (C=O) groups excluding carboxylic acids is 3. The molecular weight excluding hydrogens is 693 g/mol. The third kappa shape index (κ3) is 9.07. The van der Waals surface area contributed by atoms with Gasteiger partial charge in [-0.3, -0.25) is 24.5 Å². The minimum absolute atomic E-state index is 0.0346. The van der Waals surface area contributed by atoms with Gasteiger partial charge >= 0.3 is 0 Å². The van der Waals surface area contributed by atoms with Crippen molar-refractivity contribution in [3.63, 3.8) is 0 Å². The van der Waals surface area contributed by atoms with Crippen molar-refractivity contribution in [3.05, 3.63) is 139 Å². The summed E-state index contributed by atoms with van der Waals surface area (Å²) in [4.78, 5) is 55.0. The number of nitrogens with zero attached hydrogens (tertiary/aromatic N) is 2. The lowest BCUT2D eigenvalue weighted by atomic mass is 10.1. The summed E-state index contributed by atoms with van der Waals surface area (Å²) in [5.41, 5.74) is 2.33. The zero-order chi connectivity index (χ0) is 34.2. The van der Waals surface area contributed by atoms with Gasteiger partial charge in [0.25, 0.3) is 17.5 Å². The molecule has 3 amide bonds. The number of aromatic nitrogens is 1. The molecule has 1 atom stereocenters. The van der Waals surface area contributed by atoms with Crippen LogP contribution in [-0.4, -0.2) is 32.9 Å². The molecule has 48 heavy (non-hydrogen) atoms. The van der Waals surface area contributed by atoms with Gasteiger partial charge in [0, 0.05) is 49.3 Å². The van der Waals surface area contributed by atoms with Crippen LogP contribution < -0.4 is 16.0 Å². The Balaban J connectivity index is 1.22. The van der Waals surface area contributed by atoms with Crippen LogP contribution in [0.5, 0.6) is 0 Å². The molecule has 0 aliphatic carbocycles. The fourth-order valence-corrected chi connectivity index (χ4v) is 6.29. The first-order valence-corrected chi connectivity index (χ1v) is 16.7. The molecule has 1 unspecified atom stereocenters. The number of rotatable bonds is 11. The average molecular weight is 719 g/mol. The Labute approximate surface area is 293 Å².